The molecule has 2 aromatic heterocycles. The molecule has 2 aromatic rings. The predicted octanol–water partition coefficient (Wildman–Crippen LogP) is 3.57. The Labute approximate surface area is 94.1 Å². The van der Waals surface area contributed by atoms with Crippen LogP contribution >= 0.6 is 27.3 Å². The van der Waals surface area contributed by atoms with Crippen molar-refractivity contribution in [1.29, 1.82) is 0 Å². The number of pyridine rings is 1. The van der Waals surface area contributed by atoms with E-state index in [4.69, 9.17) is 0 Å². The summed E-state index contributed by atoms with van der Waals surface area (Å²) >= 11 is 4.99. The summed E-state index contributed by atoms with van der Waals surface area (Å²) in [5.41, 5.74) is 1.73. The lowest BCUT2D eigenvalue weighted by Crippen LogP contribution is -1.96. The van der Waals surface area contributed by atoms with Gasteiger partial charge in [-0.05, 0) is 41.4 Å². The summed E-state index contributed by atoms with van der Waals surface area (Å²) in [5, 5.41) is 1.06. The van der Waals surface area contributed by atoms with Gasteiger partial charge in [0.25, 0.3) is 0 Å². The van der Waals surface area contributed by atoms with Crippen molar-refractivity contribution in [1.82, 2.24) is 4.98 Å². The maximum Gasteiger partial charge on any atom is 0.161 e. The van der Waals surface area contributed by atoms with E-state index in [9.17, 15) is 4.79 Å². The van der Waals surface area contributed by atoms with Crippen molar-refractivity contribution >= 4 is 43.3 Å². The van der Waals surface area contributed by atoms with Crippen LogP contribution in [-0.2, 0) is 0 Å². The van der Waals surface area contributed by atoms with Gasteiger partial charge in [-0.3, -0.25) is 4.79 Å². The third-order valence-electron chi connectivity index (χ3n) is 2.18. The van der Waals surface area contributed by atoms with E-state index in [0.717, 1.165) is 19.6 Å². The fraction of sp³-hybridized carbons (Fsp3) is 0.200. The molecule has 2 heterocycles. The molecule has 0 saturated carbocycles. The van der Waals surface area contributed by atoms with Crippen LogP contribution in [0.25, 0.3) is 10.2 Å². The molecule has 0 atom stereocenters. The van der Waals surface area contributed by atoms with Crippen LogP contribution in [0.1, 0.15) is 22.8 Å². The summed E-state index contributed by atoms with van der Waals surface area (Å²) in [7, 11) is 0. The van der Waals surface area contributed by atoms with E-state index in [1.54, 1.807) is 24.5 Å². The Morgan fingerprint density at radius 2 is 2.29 bits per heavy atom. The molecule has 0 aliphatic rings. The summed E-state index contributed by atoms with van der Waals surface area (Å²) in [4.78, 5) is 16.5. The highest BCUT2D eigenvalue weighted by Crippen LogP contribution is 2.31. The van der Waals surface area contributed by atoms with E-state index in [1.807, 2.05) is 13.0 Å². The molecule has 0 aliphatic heterocycles. The molecular formula is C10H8BrNOS. The van der Waals surface area contributed by atoms with Gasteiger partial charge in [0.15, 0.2) is 5.78 Å². The fourth-order valence-electron chi connectivity index (χ4n) is 1.44. The zero-order chi connectivity index (χ0) is 10.3. The second-order valence-electron chi connectivity index (χ2n) is 3.12. The number of nitrogens with zero attached hydrogens (tertiary/aromatic N) is 1. The van der Waals surface area contributed by atoms with Gasteiger partial charge in [-0.15, -0.1) is 11.3 Å². The van der Waals surface area contributed by atoms with Gasteiger partial charge in [0, 0.05) is 17.1 Å². The van der Waals surface area contributed by atoms with E-state index in [-0.39, 0.29) is 5.78 Å². The van der Waals surface area contributed by atoms with Crippen LogP contribution in [0.2, 0.25) is 0 Å². The van der Waals surface area contributed by atoms with E-state index < -0.39 is 0 Å². The maximum atomic E-state index is 11.3. The van der Waals surface area contributed by atoms with Crippen LogP contribution in [0, 0.1) is 6.92 Å². The number of aryl methyl sites for hydroxylation is 1. The smallest absolute Gasteiger partial charge is 0.161 e. The summed E-state index contributed by atoms with van der Waals surface area (Å²) in [6.45, 7) is 3.52. The van der Waals surface area contributed by atoms with Crippen molar-refractivity contribution < 1.29 is 4.79 Å². The number of carbonyl (C=O) groups excluding carboxylic acids is 1. The van der Waals surface area contributed by atoms with E-state index in [0.29, 0.717) is 5.56 Å². The number of thiophene rings is 1. The number of hydrogen-bond donors (Lipinski definition) is 0. The monoisotopic (exact) mass is 269 g/mol. The Bertz CT molecular complexity index is 518. The molecule has 0 amide bonds. The van der Waals surface area contributed by atoms with Crippen molar-refractivity contribution in [2.24, 2.45) is 0 Å². The Morgan fingerprint density at radius 1 is 1.57 bits per heavy atom. The standard InChI is InChI=1S/C10H8BrNOS/c1-5-7-3-9(11)14-10(7)12-4-8(5)6(2)13/h3-4H,1-2H3. The summed E-state index contributed by atoms with van der Waals surface area (Å²) in [6.07, 6.45) is 1.66. The first-order valence-corrected chi connectivity index (χ1v) is 5.76. The predicted molar refractivity (Wildman–Crippen MR) is 62.1 cm³/mol. The number of aromatic nitrogens is 1. The summed E-state index contributed by atoms with van der Waals surface area (Å²) in [6, 6.07) is 2.01. The Balaban J connectivity index is 2.80. The highest BCUT2D eigenvalue weighted by Gasteiger charge is 2.10. The summed E-state index contributed by atoms with van der Waals surface area (Å²) in [5.74, 6) is 0.0687. The largest absolute Gasteiger partial charge is 0.294 e. The normalized spacial score (nSPS) is 10.8. The van der Waals surface area contributed by atoms with E-state index >= 15 is 0 Å². The first-order valence-electron chi connectivity index (χ1n) is 4.15. The quantitative estimate of drug-likeness (QED) is 0.741. The zero-order valence-electron chi connectivity index (χ0n) is 7.80. The molecule has 0 aromatic carbocycles. The minimum Gasteiger partial charge on any atom is -0.294 e. The SMILES string of the molecule is CC(=O)c1cnc2sc(Br)cc2c1C. The molecule has 14 heavy (non-hydrogen) atoms. The lowest BCUT2D eigenvalue weighted by molar-refractivity contribution is 0.101. The van der Waals surface area contributed by atoms with Crippen molar-refractivity contribution in [3.8, 4) is 0 Å². The minimum atomic E-state index is 0.0687. The maximum absolute atomic E-state index is 11.3. The number of rotatable bonds is 1. The highest BCUT2D eigenvalue weighted by atomic mass is 79.9. The molecule has 4 heteroatoms. The number of fused-ring (bicyclic) bond motifs is 1. The number of halogens is 1. The first kappa shape index (κ1) is 9.80. The van der Waals surface area contributed by atoms with Gasteiger partial charge in [-0.2, -0.15) is 0 Å². The van der Waals surface area contributed by atoms with Crippen molar-refractivity contribution in [2.45, 2.75) is 13.8 Å². The molecule has 72 valence electrons. The average Bonchev–Trinajstić information content (AvgIpc) is 2.46. The molecule has 2 rings (SSSR count). The van der Waals surface area contributed by atoms with E-state index in [2.05, 4.69) is 20.9 Å². The molecule has 0 saturated heterocycles. The topological polar surface area (TPSA) is 30.0 Å². The van der Waals surface area contributed by atoms with Crippen LogP contribution in [0.4, 0.5) is 0 Å². The van der Waals surface area contributed by atoms with Gasteiger partial charge in [0.05, 0.1) is 3.79 Å². The Hall–Kier alpha value is -0.740. The third-order valence-corrected chi connectivity index (χ3v) is 3.73. The number of hydrogen-bond acceptors (Lipinski definition) is 3. The van der Waals surface area contributed by atoms with Gasteiger partial charge < -0.3 is 0 Å². The highest BCUT2D eigenvalue weighted by molar-refractivity contribution is 9.11. The van der Waals surface area contributed by atoms with Crippen LogP contribution in [0.3, 0.4) is 0 Å². The second kappa shape index (κ2) is 3.44. The zero-order valence-corrected chi connectivity index (χ0v) is 10.2. The molecule has 0 N–H and O–H groups in total. The van der Waals surface area contributed by atoms with Gasteiger partial charge in [0.1, 0.15) is 4.83 Å². The minimum absolute atomic E-state index is 0.0687. The van der Waals surface area contributed by atoms with Gasteiger partial charge >= 0.3 is 0 Å². The van der Waals surface area contributed by atoms with Gasteiger partial charge in [0.2, 0.25) is 0 Å². The fourth-order valence-corrected chi connectivity index (χ4v) is 2.91. The molecule has 0 spiro atoms. The molecule has 2 nitrogen and oxygen atoms in total. The van der Waals surface area contributed by atoms with Crippen LogP contribution in [-0.4, -0.2) is 10.8 Å². The molecule has 0 unspecified atom stereocenters. The molecule has 0 fully saturated rings. The Morgan fingerprint density at radius 3 is 2.93 bits per heavy atom. The van der Waals surface area contributed by atoms with Crippen LogP contribution in [0.15, 0.2) is 16.0 Å². The van der Waals surface area contributed by atoms with Crippen molar-refractivity contribution in [3.63, 3.8) is 0 Å². The molecule has 0 bridgehead atoms. The van der Waals surface area contributed by atoms with Gasteiger partial charge in [-0.1, -0.05) is 0 Å². The van der Waals surface area contributed by atoms with Crippen LogP contribution < -0.4 is 0 Å². The molecule has 0 radical (unpaired) electrons. The first-order chi connectivity index (χ1) is 6.59. The molecular weight excluding hydrogens is 262 g/mol. The number of carbonyl (C=O) groups is 1. The average molecular weight is 270 g/mol. The second-order valence-corrected chi connectivity index (χ2v) is 5.53. The van der Waals surface area contributed by atoms with Crippen molar-refractivity contribution in [2.75, 3.05) is 0 Å². The van der Waals surface area contributed by atoms with Crippen LogP contribution in [0.5, 0.6) is 0 Å². The van der Waals surface area contributed by atoms with E-state index in [1.165, 1.54) is 0 Å². The third kappa shape index (κ3) is 1.48. The number of Topliss-reactive ketones (excluding diaryl/α,β-unsaturated/α-hetero) is 1. The lowest BCUT2D eigenvalue weighted by Gasteiger charge is -2.01. The lowest BCUT2D eigenvalue weighted by atomic mass is 10.1. The molecule has 0 aliphatic carbocycles. The summed E-state index contributed by atoms with van der Waals surface area (Å²) < 4.78 is 1.05. The van der Waals surface area contributed by atoms with Gasteiger partial charge in [-0.25, -0.2) is 4.98 Å². The number of ketones is 1. The van der Waals surface area contributed by atoms with Crippen molar-refractivity contribution in [3.05, 3.63) is 27.2 Å². The Kier molecular flexibility index (Phi) is 2.41.